The standard InChI is InChI=1S/C13H25N3O2/c14-11-12(15-6-3-8-18-9-7-15)10-13(17)16-4-1-2-5-16/h12H,1-11,14H2. The quantitative estimate of drug-likeness (QED) is 0.771. The van der Waals surface area contributed by atoms with Gasteiger partial charge in [0.15, 0.2) is 0 Å². The van der Waals surface area contributed by atoms with Crippen molar-refractivity contribution < 1.29 is 9.53 Å². The highest BCUT2D eigenvalue weighted by molar-refractivity contribution is 5.77. The van der Waals surface area contributed by atoms with Crippen LogP contribution in [0.25, 0.3) is 0 Å². The van der Waals surface area contributed by atoms with E-state index in [0.717, 1.165) is 58.7 Å². The minimum Gasteiger partial charge on any atom is -0.380 e. The zero-order chi connectivity index (χ0) is 12.8. The average Bonchev–Trinajstić information content (AvgIpc) is 2.79. The number of rotatable bonds is 4. The van der Waals surface area contributed by atoms with Gasteiger partial charge in [0.05, 0.1) is 6.61 Å². The second-order valence-corrected chi connectivity index (χ2v) is 5.18. The topological polar surface area (TPSA) is 58.8 Å². The minimum absolute atomic E-state index is 0.180. The molecule has 1 atom stereocenters. The molecule has 18 heavy (non-hydrogen) atoms. The molecule has 2 N–H and O–H groups in total. The molecule has 2 saturated heterocycles. The Morgan fingerprint density at radius 3 is 2.61 bits per heavy atom. The van der Waals surface area contributed by atoms with Crippen LogP contribution in [0.5, 0.6) is 0 Å². The first-order chi connectivity index (χ1) is 8.81. The van der Waals surface area contributed by atoms with E-state index in [1.165, 1.54) is 0 Å². The van der Waals surface area contributed by atoms with Crippen molar-refractivity contribution in [3.05, 3.63) is 0 Å². The summed E-state index contributed by atoms with van der Waals surface area (Å²) in [6.07, 6.45) is 3.90. The molecule has 2 fully saturated rings. The molecule has 2 aliphatic rings. The van der Waals surface area contributed by atoms with Gasteiger partial charge in [0, 0.05) is 51.8 Å². The molecule has 1 unspecified atom stereocenters. The monoisotopic (exact) mass is 255 g/mol. The van der Waals surface area contributed by atoms with Gasteiger partial charge in [-0.1, -0.05) is 0 Å². The number of amides is 1. The summed E-state index contributed by atoms with van der Waals surface area (Å²) in [5.74, 6) is 0.271. The molecule has 0 aliphatic carbocycles. The van der Waals surface area contributed by atoms with Crippen molar-refractivity contribution in [2.24, 2.45) is 5.73 Å². The first kappa shape index (κ1) is 13.8. The lowest BCUT2D eigenvalue weighted by Gasteiger charge is -2.30. The highest BCUT2D eigenvalue weighted by atomic mass is 16.5. The van der Waals surface area contributed by atoms with Gasteiger partial charge in [0.2, 0.25) is 5.91 Å². The second-order valence-electron chi connectivity index (χ2n) is 5.18. The molecule has 2 rings (SSSR count). The summed E-state index contributed by atoms with van der Waals surface area (Å²) < 4.78 is 5.45. The van der Waals surface area contributed by atoms with E-state index in [1.807, 2.05) is 4.90 Å². The van der Waals surface area contributed by atoms with Crippen molar-refractivity contribution in [2.75, 3.05) is 45.9 Å². The van der Waals surface area contributed by atoms with Gasteiger partial charge < -0.3 is 15.4 Å². The number of likely N-dealkylation sites (tertiary alicyclic amines) is 1. The number of hydrogen-bond donors (Lipinski definition) is 1. The minimum atomic E-state index is 0.180. The molecule has 0 aromatic carbocycles. The molecule has 0 aromatic rings. The highest BCUT2D eigenvalue weighted by Gasteiger charge is 2.25. The Kier molecular flexibility index (Phi) is 5.41. The maximum absolute atomic E-state index is 12.2. The summed E-state index contributed by atoms with van der Waals surface area (Å²) in [6.45, 7) is 5.89. The summed E-state index contributed by atoms with van der Waals surface area (Å²) in [5.41, 5.74) is 5.85. The average molecular weight is 255 g/mol. The van der Waals surface area contributed by atoms with Crippen LogP contribution in [0.1, 0.15) is 25.7 Å². The predicted octanol–water partition coefficient (Wildman–Crippen LogP) is 0.0485. The van der Waals surface area contributed by atoms with Crippen molar-refractivity contribution in [3.63, 3.8) is 0 Å². The van der Waals surface area contributed by atoms with Gasteiger partial charge in [0.1, 0.15) is 0 Å². The SMILES string of the molecule is NCC(CC(=O)N1CCCC1)N1CCCOCC1. The zero-order valence-corrected chi connectivity index (χ0v) is 11.1. The highest BCUT2D eigenvalue weighted by Crippen LogP contribution is 2.13. The maximum atomic E-state index is 12.2. The Balaban J connectivity index is 1.84. The number of hydrogen-bond acceptors (Lipinski definition) is 4. The molecule has 5 heteroatoms. The molecule has 0 saturated carbocycles. The summed E-state index contributed by atoms with van der Waals surface area (Å²) >= 11 is 0. The van der Waals surface area contributed by atoms with Gasteiger partial charge in [0.25, 0.3) is 0 Å². The summed E-state index contributed by atoms with van der Waals surface area (Å²) in [7, 11) is 0. The molecule has 5 nitrogen and oxygen atoms in total. The van der Waals surface area contributed by atoms with E-state index in [-0.39, 0.29) is 11.9 Å². The van der Waals surface area contributed by atoms with Crippen molar-refractivity contribution in [1.29, 1.82) is 0 Å². The van der Waals surface area contributed by atoms with E-state index in [9.17, 15) is 4.79 Å². The molecular formula is C13H25N3O2. The summed E-state index contributed by atoms with van der Waals surface area (Å²) in [6, 6.07) is 0.180. The third-order valence-electron chi connectivity index (χ3n) is 3.91. The van der Waals surface area contributed by atoms with Crippen LogP contribution in [0.4, 0.5) is 0 Å². The molecule has 0 radical (unpaired) electrons. The first-order valence-electron chi connectivity index (χ1n) is 7.11. The fourth-order valence-corrected chi connectivity index (χ4v) is 2.79. The number of carbonyl (C=O) groups excluding carboxylic acids is 1. The number of nitrogens with two attached hydrogens (primary N) is 1. The van der Waals surface area contributed by atoms with Crippen LogP contribution in [0.3, 0.4) is 0 Å². The van der Waals surface area contributed by atoms with Crippen LogP contribution in [-0.2, 0) is 9.53 Å². The predicted molar refractivity (Wildman–Crippen MR) is 70.3 cm³/mol. The second kappa shape index (κ2) is 7.07. The maximum Gasteiger partial charge on any atom is 0.224 e. The smallest absolute Gasteiger partial charge is 0.224 e. The molecule has 0 aromatic heterocycles. The van der Waals surface area contributed by atoms with Crippen LogP contribution < -0.4 is 5.73 Å². The van der Waals surface area contributed by atoms with Gasteiger partial charge >= 0.3 is 0 Å². The lowest BCUT2D eigenvalue weighted by Crippen LogP contribution is -2.45. The van der Waals surface area contributed by atoms with E-state index in [1.54, 1.807) is 0 Å². The Labute approximate surface area is 109 Å². The Hall–Kier alpha value is -0.650. The van der Waals surface area contributed by atoms with Crippen LogP contribution in [0.2, 0.25) is 0 Å². The molecule has 1 amide bonds. The van der Waals surface area contributed by atoms with E-state index in [0.29, 0.717) is 13.0 Å². The fraction of sp³-hybridized carbons (Fsp3) is 0.923. The van der Waals surface area contributed by atoms with Crippen molar-refractivity contribution in [1.82, 2.24) is 9.80 Å². The van der Waals surface area contributed by atoms with Gasteiger partial charge in [-0.2, -0.15) is 0 Å². The first-order valence-corrected chi connectivity index (χ1v) is 7.11. The molecule has 2 aliphatic heterocycles. The van der Waals surface area contributed by atoms with Crippen molar-refractivity contribution in [2.45, 2.75) is 31.7 Å². The third-order valence-corrected chi connectivity index (χ3v) is 3.91. The van der Waals surface area contributed by atoms with E-state index in [4.69, 9.17) is 10.5 Å². The summed E-state index contributed by atoms with van der Waals surface area (Å²) in [5, 5.41) is 0. The van der Waals surface area contributed by atoms with Gasteiger partial charge in [-0.25, -0.2) is 0 Å². The molecule has 104 valence electrons. The zero-order valence-electron chi connectivity index (χ0n) is 11.1. The largest absolute Gasteiger partial charge is 0.380 e. The Morgan fingerprint density at radius 1 is 1.11 bits per heavy atom. The lowest BCUT2D eigenvalue weighted by atomic mass is 10.1. The van der Waals surface area contributed by atoms with Crippen LogP contribution in [-0.4, -0.2) is 67.7 Å². The van der Waals surface area contributed by atoms with Gasteiger partial charge in [-0.3, -0.25) is 9.69 Å². The lowest BCUT2D eigenvalue weighted by molar-refractivity contribution is -0.131. The Bertz CT molecular complexity index is 259. The fourth-order valence-electron chi connectivity index (χ4n) is 2.79. The van der Waals surface area contributed by atoms with E-state index in [2.05, 4.69) is 4.90 Å². The van der Waals surface area contributed by atoms with Crippen LogP contribution in [0, 0.1) is 0 Å². The van der Waals surface area contributed by atoms with Crippen molar-refractivity contribution >= 4 is 5.91 Å². The number of nitrogens with zero attached hydrogens (tertiary/aromatic N) is 2. The van der Waals surface area contributed by atoms with Crippen molar-refractivity contribution in [3.8, 4) is 0 Å². The molecule has 0 bridgehead atoms. The number of carbonyl (C=O) groups is 1. The van der Waals surface area contributed by atoms with E-state index < -0.39 is 0 Å². The molecule has 0 spiro atoms. The van der Waals surface area contributed by atoms with Gasteiger partial charge in [-0.05, 0) is 19.3 Å². The Morgan fingerprint density at radius 2 is 1.89 bits per heavy atom. The van der Waals surface area contributed by atoms with E-state index >= 15 is 0 Å². The van der Waals surface area contributed by atoms with Crippen LogP contribution >= 0.6 is 0 Å². The summed E-state index contributed by atoms with van der Waals surface area (Å²) in [4.78, 5) is 16.5. The molecular weight excluding hydrogens is 230 g/mol. The molecule has 2 heterocycles. The number of ether oxygens (including phenoxy) is 1. The van der Waals surface area contributed by atoms with Crippen LogP contribution in [0.15, 0.2) is 0 Å². The van der Waals surface area contributed by atoms with Gasteiger partial charge in [-0.15, -0.1) is 0 Å². The third kappa shape index (κ3) is 3.67. The normalized spacial score (nSPS) is 23.9.